The van der Waals surface area contributed by atoms with Gasteiger partial charge in [-0.3, -0.25) is 4.79 Å². The molecule has 1 amide bonds. The summed E-state index contributed by atoms with van der Waals surface area (Å²) in [6, 6.07) is 6.21. The number of ether oxygens (including phenoxy) is 1. The zero-order valence-corrected chi connectivity index (χ0v) is 13.2. The number of benzene rings is 1. The second kappa shape index (κ2) is 5.56. The third-order valence-electron chi connectivity index (χ3n) is 2.69. The molecule has 2 rings (SSSR count). The molecule has 92 valence electrons. The van der Waals surface area contributed by atoms with E-state index in [0.29, 0.717) is 6.04 Å². The van der Waals surface area contributed by atoms with Crippen LogP contribution in [0, 0.1) is 3.57 Å². The lowest BCUT2D eigenvalue weighted by atomic mass is 10.3. The Morgan fingerprint density at radius 3 is 2.82 bits per heavy atom. The lowest BCUT2D eigenvalue weighted by Gasteiger charge is -2.16. The zero-order chi connectivity index (χ0) is 12.4. The number of hydrogen-bond donors (Lipinski definition) is 0. The summed E-state index contributed by atoms with van der Waals surface area (Å²) in [7, 11) is 1.84. The van der Waals surface area contributed by atoms with Gasteiger partial charge in [0.25, 0.3) is 5.91 Å². The first-order valence-corrected chi connectivity index (χ1v) is 7.28. The van der Waals surface area contributed by atoms with Crippen molar-refractivity contribution in [2.75, 3.05) is 13.7 Å². The average Bonchev–Trinajstić information content (AvgIpc) is 3.07. The van der Waals surface area contributed by atoms with Crippen LogP contribution in [0.25, 0.3) is 0 Å². The number of hydrogen-bond acceptors (Lipinski definition) is 2. The molecule has 1 aromatic rings. The third kappa shape index (κ3) is 3.84. The minimum absolute atomic E-state index is 0.0440. The van der Waals surface area contributed by atoms with Crippen LogP contribution < -0.4 is 4.74 Å². The van der Waals surface area contributed by atoms with Crippen molar-refractivity contribution in [3.05, 3.63) is 26.2 Å². The molecule has 1 aliphatic carbocycles. The second-order valence-electron chi connectivity index (χ2n) is 4.13. The molecule has 0 atom stereocenters. The van der Waals surface area contributed by atoms with Gasteiger partial charge in [0.05, 0.1) is 0 Å². The second-order valence-corrected chi connectivity index (χ2v) is 6.29. The summed E-state index contributed by atoms with van der Waals surface area (Å²) in [6.07, 6.45) is 2.24. The van der Waals surface area contributed by atoms with Crippen molar-refractivity contribution in [1.29, 1.82) is 0 Å². The van der Waals surface area contributed by atoms with Crippen LogP contribution in [0.1, 0.15) is 12.8 Å². The van der Waals surface area contributed by atoms with Crippen LogP contribution >= 0.6 is 38.5 Å². The van der Waals surface area contributed by atoms with Gasteiger partial charge >= 0.3 is 0 Å². The number of halogens is 2. The average molecular weight is 410 g/mol. The predicted octanol–water partition coefficient (Wildman–Crippen LogP) is 3.05. The Balaban J connectivity index is 1.90. The van der Waals surface area contributed by atoms with Gasteiger partial charge in [-0.2, -0.15) is 0 Å². The van der Waals surface area contributed by atoms with E-state index in [0.717, 1.165) is 26.6 Å². The summed E-state index contributed by atoms with van der Waals surface area (Å²) < 4.78 is 7.54. The number of carbonyl (C=O) groups is 1. The normalized spacial score (nSPS) is 14.5. The number of amides is 1. The Morgan fingerprint density at radius 1 is 1.53 bits per heavy atom. The molecule has 5 heteroatoms. The Bertz CT molecular complexity index is 414. The van der Waals surface area contributed by atoms with Crippen molar-refractivity contribution in [2.24, 2.45) is 0 Å². The number of likely N-dealkylation sites (N-methyl/N-ethyl adjacent to an activating group) is 1. The summed E-state index contributed by atoms with van der Waals surface area (Å²) in [5.41, 5.74) is 0. The van der Waals surface area contributed by atoms with Crippen LogP contribution in [-0.2, 0) is 4.79 Å². The number of nitrogens with zero attached hydrogens (tertiary/aromatic N) is 1. The predicted molar refractivity (Wildman–Crippen MR) is 78.1 cm³/mol. The molecule has 0 spiro atoms. The molecule has 0 heterocycles. The minimum Gasteiger partial charge on any atom is -0.484 e. The van der Waals surface area contributed by atoms with Gasteiger partial charge in [0, 0.05) is 21.1 Å². The smallest absolute Gasteiger partial charge is 0.260 e. The van der Waals surface area contributed by atoms with Crippen LogP contribution in [0.2, 0.25) is 0 Å². The van der Waals surface area contributed by atoms with Crippen molar-refractivity contribution in [3.63, 3.8) is 0 Å². The van der Waals surface area contributed by atoms with E-state index in [9.17, 15) is 4.79 Å². The fraction of sp³-hybridized carbons (Fsp3) is 0.417. The van der Waals surface area contributed by atoms with Gasteiger partial charge in [-0.05, 0) is 53.6 Å². The van der Waals surface area contributed by atoms with Crippen LogP contribution in [0.3, 0.4) is 0 Å². The van der Waals surface area contributed by atoms with Gasteiger partial charge in [-0.15, -0.1) is 0 Å². The SMILES string of the molecule is CN(C(=O)COc1cc(Br)cc(I)c1)C1CC1. The molecule has 0 N–H and O–H groups in total. The van der Waals surface area contributed by atoms with E-state index in [2.05, 4.69) is 38.5 Å². The fourth-order valence-corrected chi connectivity index (χ4v) is 3.07. The molecule has 0 aromatic heterocycles. The Morgan fingerprint density at radius 2 is 2.24 bits per heavy atom. The Kier molecular flexibility index (Phi) is 4.30. The van der Waals surface area contributed by atoms with Crippen LogP contribution in [0.15, 0.2) is 22.7 Å². The molecule has 17 heavy (non-hydrogen) atoms. The maximum atomic E-state index is 11.8. The topological polar surface area (TPSA) is 29.5 Å². The molecule has 3 nitrogen and oxygen atoms in total. The van der Waals surface area contributed by atoms with Crippen molar-refractivity contribution in [3.8, 4) is 5.75 Å². The first kappa shape index (κ1) is 13.1. The van der Waals surface area contributed by atoms with E-state index in [1.54, 1.807) is 4.90 Å². The fourth-order valence-electron chi connectivity index (χ4n) is 1.52. The minimum atomic E-state index is 0.0440. The van der Waals surface area contributed by atoms with E-state index in [1.807, 2.05) is 25.2 Å². The van der Waals surface area contributed by atoms with E-state index < -0.39 is 0 Å². The van der Waals surface area contributed by atoms with E-state index in [1.165, 1.54) is 0 Å². The highest BCUT2D eigenvalue weighted by molar-refractivity contribution is 14.1. The van der Waals surface area contributed by atoms with E-state index in [-0.39, 0.29) is 12.5 Å². The van der Waals surface area contributed by atoms with E-state index >= 15 is 0 Å². The zero-order valence-electron chi connectivity index (χ0n) is 9.45. The van der Waals surface area contributed by atoms with Gasteiger partial charge in [0.1, 0.15) is 5.75 Å². The largest absolute Gasteiger partial charge is 0.484 e. The van der Waals surface area contributed by atoms with Gasteiger partial charge in [0.2, 0.25) is 0 Å². The molecule has 1 aliphatic rings. The van der Waals surface area contributed by atoms with Gasteiger partial charge < -0.3 is 9.64 Å². The summed E-state index contributed by atoms with van der Waals surface area (Å²) in [5.74, 6) is 0.767. The van der Waals surface area contributed by atoms with Gasteiger partial charge in [-0.25, -0.2) is 0 Å². The standard InChI is InChI=1S/C12H13BrINO2/c1-15(10-2-3-10)12(16)7-17-11-5-8(13)4-9(14)6-11/h4-6,10H,2-3,7H2,1H3. The maximum absolute atomic E-state index is 11.8. The monoisotopic (exact) mass is 409 g/mol. The van der Waals surface area contributed by atoms with Gasteiger partial charge in [0.15, 0.2) is 6.61 Å². The molecule has 0 bridgehead atoms. The number of rotatable bonds is 4. The molecule has 0 unspecified atom stereocenters. The summed E-state index contributed by atoms with van der Waals surface area (Å²) in [6.45, 7) is 0.111. The van der Waals surface area contributed by atoms with Crippen molar-refractivity contribution in [1.82, 2.24) is 4.90 Å². The van der Waals surface area contributed by atoms with Crippen molar-refractivity contribution >= 4 is 44.4 Å². The highest BCUT2D eigenvalue weighted by atomic mass is 127. The molecule has 1 saturated carbocycles. The molecule has 1 aromatic carbocycles. The maximum Gasteiger partial charge on any atom is 0.260 e. The third-order valence-corrected chi connectivity index (χ3v) is 3.77. The summed E-state index contributed by atoms with van der Waals surface area (Å²) in [4.78, 5) is 13.5. The first-order valence-electron chi connectivity index (χ1n) is 5.41. The summed E-state index contributed by atoms with van der Waals surface area (Å²) in [5, 5.41) is 0. The first-order chi connectivity index (χ1) is 8.06. The van der Waals surface area contributed by atoms with Crippen molar-refractivity contribution < 1.29 is 9.53 Å². The molecule has 0 radical (unpaired) electrons. The summed E-state index contributed by atoms with van der Waals surface area (Å²) >= 11 is 5.62. The van der Waals surface area contributed by atoms with E-state index in [4.69, 9.17) is 4.74 Å². The number of carbonyl (C=O) groups excluding carboxylic acids is 1. The lowest BCUT2D eigenvalue weighted by molar-refractivity contribution is -0.132. The highest BCUT2D eigenvalue weighted by Crippen LogP contribution is 2.26. The molecule has 1 fully saturated rings. The van der Waals surface area contributed by atoms with Crippen LogP contribution in [0.4, 0.5) is 0 Å². The highest BCUT2D eigenvalue weighted by Gasteiger charge is 2.29. The van der Waals surface area contributed by atoms with Crippen LogP contribution in [0.5, 0.6) is 5.75 Å². The Labute approximate surface area is 123 Å². The molecule has 0 aliphatic heterocycles. The Hall–Kier alpha value is -0.300. The molecular weight excluding hydrogens is 397 g/mol. The molecular formula is C12H13BrINO2. The van der Waals surface area contributed by atoms with Gasteiger partial charge in [-0.1, -0.05) is 15.9 Å². The molecule has 0 saturated heterocycles. The quantitative estimate of drug-likeness (QED) is 0.715. The van der Waals surface area contributed by atoms with Crippen molar-refractivity contribution in [2.45, 2.75) is 18.9 Å². The lowest BCUT2D eigenvalue weighted by Crippen LogP contribution is -2.33. The van der Waals surface area contributed by atoms with Crippen LogP contribution in [-0.4, -0.2) is 30.5 Å².